The summed E-state index contributed by atoms with van der Waals surface area (Å²) in [5.41, 5.74) is -0.0664. The third kappa shape index (κ3) is 6.29. The van der Waals surface area contributed by atoms with Gasteiger partial charge in [-0.3, -0.25) is 8.98 Å². The maximum absolute atomic E-state index is 13.3. The zero-order chi connectivity index (χ0) is 25.2. The number of carbonyl (C=O) groups excluding carboxylic acids is 1. The van der Waals surface area contributed by atoms with E-state index in [0.29, 0.717) is 38.5 Å². The molecule has 0 radical (unpaired) electrons. The number of thiophene rings is 1. The number of pyridine rings is 1. The summed E-state index contributed by atoms with van der Waals surface area (Å²) >= 11 is 4.54. The van der Waals surface area contributed by atoms with Crippen molar-refractivity contribution in [3.8, 4) is 0 Å². The molecule has 0 saturated heterocycles. The van der Waals surface area contributed by atoms with Crippen LogP contribution in [0.4, 0.5) is 5.82 Å². The van der Waals surface area contributed by atoms with Crippen LogP contribution in [0.1, 0.15) is 52.7 Å². The number of rotatable bonds is 9. The van der Waals surface area contributed by atoms with Gasteiger partial charge >= 0.3 is 10.3 Å². The molecule has 0 spiro atoms. The molecule has 3 aromatic rings. The van der Waals surface area contributed by atoms with E-state index < -0.39 is 15.9 Å². The summed E-state index contributed by atoms with van der Waals surface area (Å²) in [5.74, 6) is 0.161. The second-order valence-corrected chi connectivity index (χ2v) is 11.5. The van der Waals surface area contributed by atoms with Gasteiger partial charge in [-0.05, 0) is 71.6 Å². The highest BCUT2D eigenvalue weighted by atomic mass is 79.9. The molecule has 186 valence electrons. The molecular formula is C22H24BrN5O5S2. The summed E-state index contributed by atoms with van der Waals surface area (Å²) in [7, 11) is -3.97. The number of hydrogen-bond acceptors (Lipinski definition) is 10. The van der Waals surface area contributed by atoms with Crippen LogP contribution in [0.5, 0.6) is 0 Å². The molecule has 0 bridgehead atoms. The Morgan fingerprint density at radius 2 is 2.20 bits per heavy atom. The molecule has 1 saturated carbocycles. The van der Waals surface area contributed by atoms with Crippen molar-refractivity contribution in [3.05, 3.63) is 68.5 Å². The highest BCUT2D eigenvalue weighted by Crippen LogP contribution is 2.34. The van der Waals surface area contributed by atoms with E-state index >= 15 is 0 Å². The molecule has 1 aliphatic carbocycles. The van der Waals surface area contributed by atoms with Crippen molar-refractivity contribution in [1.82, 2.24) is 15.0 Å². The largest absolute Gasteiger partial charge is 0.379 e. The van der Waals surface area contributed by atoms with Crippen molar-refractivity contribution >= 4 is 49.2 Å². The molecule has 3 atom stereocenters. The number of halogens is 1. The zero-order valence-electron chi connectivity index (χ0n) is 18.7. The molecule has 3 aromatic heterocycles. The number of ketones is 1. The molecule has 0 aliphatic heterocycles. The summed E-state index contributed by atoms with van der Waals surface area (Å²) in [6.45, 7) is 1.66. The first-order valence-electron chi connectivity index (χ1n) is 10.8. The van der Waals surface area contributed by atoms with Gasteiger partial charge in [0.15, 0.2) is 0 Å². The van der Waals surface area contributed by atoms with Gasteiger partial charge in [0.25, 0.3) is 0 Å². The number of nitrogens with zero attached hydrogens (tertiary/aromatic N) is 3. The first-order chi connectivity index (χ1) is 16.5. The summed E-state index contributed by atoms with van der Waals surface area (Å²) in [4.78, 5) is 26.4. The van der Waals surface area contributed by atoms with Crippen LogP contribution in [0.2, 0.25) is 0 Å². The van der Waals surface area contributed by atoms with E-state index in [9.17, 15) is 18.3 Å². The number of aromatic nitrogens is 3. The van der Waals surface area contributed by atoms with Gasteiger partial charge in [-0.2, -0.15) is 8.42 Å². The molecular weight excluding hydrogens is 558 g/mol. The van der Waals surface area contributed by atoms with Gasteiger partial charge in [0.2, 0.25) is 5.78 Å². The monoisotopic (exact) mass is 581 g/mol. The minimum atomic E-state index is -3.97. The van der Waals surface area contributed by atoms with Crippen molar-refractivity contribution in [3.63, 3.8) is 0 Å². The number of carbonyl (C=O) groups is 1. The Labute approximate surface area is 215 Å². The molecule has 4 rings (SSSR count). The standard InChI is InChI=1S/C22H24BrN5O5S2/c1-22(30,18-3-2-4-19(23)28-18)14-8-17(34-11-14)20(29)16-9-25-12-26-21(16)27-15-6-5-13(7-15)10-33-35(24,31)32/h2-4,8-9,11-13,15,30H,5-7,10H2,1H3,(H2,24,31,32)(H,25,26,27)/t13?,15-,22?/m0/s1. The van der Waals surface area contributed by atoms with E-state index in [1.807, 2.05) is 0 Å². The second kappa shape index (κ2) is 10.4. The van der Waals surface area contributed by atoms with Crippen LogP contribution >= 0.6 is 27.3 Å². The van der Waals surface area contributed by atoms with Crippen molar-refractivity contribution < 1.29 is 22.5 Å². The lowest BCUT2D eigenvalue weighted by Gasteiger charge is -2.21. The molecule has 1 aliphatic rings. The summed E-state index contributed by atoms with van der Waals surface area (Å²) in [6.07, 6.45) is 5.00. The Balaban J connectivity index is 1.49. The van der Waals surface area contributed by atoms with Crippen molar-refractivity contribution in [2.75, 3.05) is 11.9 Å². The smallest absolute Gasteiger partial charge is 0.333 e. The lowest BCUT2D eigenvalue weighted by Crippen LogP contribution is -2.23. The van der Waals surface area contributed by atoms with Crippen molar-refractivity contribution in [2.24, 2.45) is 11.1 Å². The molecule has 13 heteroatoms. The Bertz CT molecular complexity index is 1330. The summed E-state index contributed by atoms with van der Waals surface area (Å²) in [6, 6.07) is 6.93. The van der Waals surface area contributed by atoms with Gasteiger partial charge in [-0.15, -0.1) is 11.3 Å². The Hall–Kier alpha value is -2.29. The number of nitrogens with two attached hydrogens (primary N) is 1. The van der Waals surface area contributed by atoms with Crippen LogP contribution in [-0.2, 0) is 20.1 Å². The Kier molecular flexibility index (Phi) is 7.64. The number of hydrogen-bond donors (Lipinski definition) is 3. The van der Waals surface area contributed by atoms with Crippen LogP contribution in [0.3, 0.4) is 0 Å². The van der Waals surface area contributed by atoms with E-state index in [0.717, 1.165) is 12.8 Å². The molecule has 3 heterocycles. The fourth-order valence-electron chi connectivity index (χ4n) is 4.02. The highest BCUT2D eigenvalue weighted by Gasteiger charge is 2.31. The predicted octanol–water partition coefficient (Wildman–Crippen LogP) is 2.98. The molecule has 2 unspecified atom stereocenters. The van der Waals surface area contributed by atoms with Crippen molar-refractivity contribution in [1.29, 1.82) is 0 Å². The van der Waals surface area contributed by atoms with E-state index in [1.165, 1.54) is 23.9 Å². The Morgan fingerprint density at radius 3 is 2.94 bits per heavy atom. The minimum Gasteiger partial charge on any atom is -0.379 e. The van der Waals surface area contributed by atoms with Crippen molar-refractivity contribution in [2.45, 2.75) is 37.8 Å². The first kappa shape index (κ1) is 25.8. The molecule has 1 fully saturated rings. The maximum atomic E-state index is 13.3. The normalized spacial score (nSPS) is 19.9. The minimum absolute atomic E-state index is 0.00670. The van der Waals surface area contributed by atoms with Crippen LogP contribution in [0.25, 0.3) is 0 Å². The predicted molar refractivity (Wildman–Crippen MR) is 134 cm³/mol. The third-order valence-corrected chi connectivity index (χ3v) is 7.74. The SMILES string of the molecule is CC(O)(c1csc(C(=O)c2cncnc2N[C@H]2CCC(COS(N)(=O)=O)C2)c1)c1cccc(Br)n1. The number of aliphatic hydroxyl groups is 1. The highest BCUT2D eigenvalue weighted by molar-refractivity contribution is 9.10. The fourth-order valence-corrected chi connectivity index (χ4v) is 5.71. The molecule has 0 amide bonds. The van der Waals surface area contributed by atoms with Gasteiger partial charge in [0, 0.05) is 17.8 Å². The third-order valence-electron chi connectivity index (χ3n) is 5.91. The summed E-state index contributed by atoms with van der Waals surface area (Å²) in [5, 5.41) is 21.1. The van der Waals surface area contributed by atoms with Gasteiger partial charge in [-0.1, -0.05) is 6.07 Å². The Morgan fingerprint density at radius 1 is 1.40 bits per heavy atom. The molecule has 35 heavy (non-hydrogen) atoms. The van der Waals surface area contributed by atoms with Gasteiger partial charge < -0.3 is 10.4 Å². The van der Waals surface area contributed by atoms with E-state index in [2.05, 4.69) is 36.2 Å². The van der Waals surface area contributed by atoms with Gasteiger partial charge in [-0.25, -0.2) is 20.1 Å². The average Bonchev–Trinajstić information content (AvgIpc) is 3.48. The maximum Gasteiger partial charge on any atom is 0.333 e. The molecule has 4 N–H and O–H groups in total. The second-order valence-electron chi connectivity index (χ2n) is 8.53. The van der Waals surface area contributed by atoms with E-state index in [-0.39, 0.29) is 24.3 Å². The fraction of sp³-hybridized carbons (Fsp3) is 0.364. The summed E-state index contributed by atoms with van der Waals surface area (Å²) < 4.78 is 27.4. The van der Waals surface area contributed by atoms with Crippen LogP contribution < -0.4 is 10.5 Å². The number of nitrogens with one attached hydrogen (secondary N) is 1. The quantitative estimate of drug-likeness (QED) is 0.255. The average molecular weight is 583 g/mol. The van der Waals surface area contributed by atoms with Gasteiger partial charge in [0.05, 0.1) is 22.7 Å². The van der Waals surface area contributed by atoms with Gasteiger partial charge in [0.1, 0.15) is 22.3 Å². The zero-order valence-corrected chi connectivity index (χ0v) is 21.9. The molecule has 10 nitrogen and oxygen atoms in total. The topological polar surface area (TPSA) is 157 Å². The van der Waals surface area contributed by atoms with Crippen LogP contribution in [0.15, 0.2) is 46.8 Å². The van der Waals surface area contributed by atoms with E-state index in [1.54, 1.807) is 36.6 Å². The first-order valence-corrected chi connectivity index (χ1v) is 13.9. The van der Waals surface area contributed by atoms with E-state index in [4.69, 9.17) is 9.32 Å². The molecule has 0 aromatic carbocycles. The lowest BCUT2D eigenvalue weighted by molar-refractivity contribution is 0.0975. The lowest BCUT2D eigenvalue weighted by atomic mass is 9.94. The van der Waals surface area contributed by atoms with Crippen LogP contribution in [0, 0.1) is 5.92 Å². The number of anilines is 1. The van der Waals surface area contributed by atoms with Crippen LogP contribution in [-0.4, -0.2) is 46.9 Å².